The van der Waals surface area contributed by atoms with Gasteiger partial charge in [-0.25, -0.2) is 4.98 Å². The number of methoxy groups -OCH3 is 1. The van der Waals surface area contributed by atoms with Gasteiger partial charge in [0.2, 0.25) is 5.91 Å². The molecular weight excluding hydrogens is 376 g/mol. The van der Waals surface area contributed by atoms with Crippen LogP contribution in [0.1, 0.15) is 18.2 Å². The maximum atomic E-state index is 12.6. The van der Waals surface area contributed by atoms with Gasteiger partial charge in [0.1, 0.15) is 5.75 Å². The average molecular weight is 403 g/mol. The number of nitrogens with one attached hydrogen (secondary N) is 1. The van der Waals surface area contributed by atoms with Crippen LogP contribution in [-0.4, -0.2) is 59.8 Å². The largest absolute Gasteiger partial charge is 0.495 e. The summed E-state index contributed by atoms with van der Waals surface area (Å²) in [5.74, 6) is 1.17. The van der Waals surface area contributed by atoms with Gasteiger partial charge in [0.05, 0.1) is 24.2 Å². The fourth-order valence-corrected chi connectivity index (χ4v) is 4.06. The number of carbonyl (C=O) groups is 1. The summed E-state index contributed by atoms with van der Waals surface area (Å²) in [6.07, 6.45) is 0.697. The van der Waals surface area contributed by atoms with Crippen LogP contribution in [0.5, 0.6) is 5.75 Å². The number of benzene rings is 1. The molecule has 1 aliphatic rings. The lowest BCUT2D eigenvalue weighted by atomic mass is 10.2. The molecule has 3 rings (SSSR count). The number of rotatable bonds is 6. The molecule has 1 amide bonds. The zero-order chi connectivity index (χ0) is 20.1. The second-order valence-electron chi connectivity index (χ2n) is 6.62. The highest BCUT2D eigenvalue weighted by Gasteiger charge is 2.23. The molecule has 7 nitrogen and oxygen atoms in total. The van der Waals surface area contributed by atoms with Crippen LogP contribution in [-0.2, 0) is 11.2 Å². The maximum Gasteiger partial charge on any atom is 0.254 e. The Morgan fingerprint density at radius 1 is 1.25 bits per heavy atom. The SMILES string of the molecule is CCc1nc(SCC(=O)N2CCN(c3ccccc3OC)CC2)[nH]c(=O)c1C. The normalized spacial score (nSPS) is 14.2. The number of aromatic nitrogens is 2. The number of thioether (sulfide) groups is 1. The van der Waals surface area contributed by atoms with E-state index in [-0.39, 0.29) is 17.2 Å². The van der Waals surface area contributed by atoms with Crippen molar-refractivity contribution in [3.8, 4) is 5.75 Å². The fraction of sp³-hybridized carbons (Fsp3) is 0.450. The molecule has 1 saturated heterocycles. The summed E-state index contributed by atoms with van der Waals surface area (Å²) >= 11 is 1.29. The van der Waals surface area contributed by atoms with Gasteiger partial charge in [0.15, 0.2) is 5.16 Å². The molecule has 2 heterocycles. The minimum Gasteiger partial charge on any atom is -0.495 e. The number of hydrogen-bond acceptors (Lipinski definition) is 6. The number of hydrogen-bond donors (Lipinski definition) is 1. The number of amides is 1. The van der Waals surface area contributed by atoms with E-state index in [1.54, 1.807) is 14.0 Å². The minimum absolute atomic E-state index is 0.0611. The van der Waals surface area contributed by atoms with Crippen LogP contribution in [0.4, 0.5) is 5.69 Å². The van der Waals surface area contributed by atoms with Crippen molar-refractivity contribution in [1.82, 2.24) is 14.9 Å². The highest BCUT2D eigenvalue weighted by molar-refractivity contribution is 7.99. The summed E-state index contributed by atoms with van der Waals surface area (Å²) in [5.41, 5.74) is 2.35. The third kappa shape index (κ3) is 4.49. The summed E-state index contributed by atoms with van der Waals surface area (Å²) in [5, 5.41) is 0.508. The van der Waals surface area contributed by atoms with Gasteiger partial charge in [0.25, 0.3) is 5.56 Å². The van der Waals surface area contributed by atoms with E-state index in [1.165, 1.54) is 11.8 Å². The number of aryl methyl sites for hydroxylation is 1. The lowest BCUT2D eigenvalue weighted by Gasteiger charge is -2.36. The third-order valence-electron chi connectivity index (χ3n) is 4.96. The Bertz CT molecular complexity index is 891. The molecule has 1 aromatic carbocycles. The van der Waals surface area contributed by atoms with Crippen molar-refractivity contribution in [1.29, 1.82) is 0 Å². The number of aromatic amines is 1. The van der Waals surface area contributed by atoms with Crippen LogP contribution in [0.3, 0.4) is 0 Å². The van der Waals surface area contributed by atoms with E-state index >= 15 is 0 Å². The van der Waals surface area contributed by atoms with Gasteiger partial charge in [-0.1, -0.05) is 30.8 Å². The fourth-order valence-electron chi connectivity index (χ4n) is 3.28. The van der Waals surface area contributed by atoms with Gasteiger partial charge in [-0.15, -0.1) is 0 Å². The summed E-state index contributed by atoms with van der Waals surface area (Å²) in [4.78, 5) is 35.9. The molecule has 2 aromatic rings. The highest BCUT2D eigenvalue weighted by atomic mass is 32.2. The molecule has 0 aliphatic carbocycles. The smallest absolute Gasteiger partial charge is 0.254 e. The Kier molecular flexibility index (Phi) is 6.61. The molecule has 1 N–H and O–H groups in total. The van der Waals surface area contributed by atoms with Crippen molar-refractivity contribution in [2.45, 2.75) is 25.4 Å². The summed E-state index contributed by atoms with van der Waals surface area (Å²) in [6.45, 7) is 6.58. The third-order valence-corrected chi connectivity index (χ3v) is 5.81. The number of anilines is 1. The van der Waals surface area contributed by atoms with E-state index in [4.69, 9.17) is 4.74 Å². The molecule has 28 heavy (non-hydrogen) atoms. The Morgan fingerprint density at radius 2 is 1.96 bits per heavy atom. The van der Waals surface area contributed by atoms with Crippen molar-refractivity contribution >= 4 is 23.4 Å². The monoisotopic (exact) mass is 402 g/mol. The number of H-pyrrole nitrogens is 1. The molecule has 0 radical (unpaired) electrons. The lowest BCUT2D eigenvalue weighted by Crippen LogP contribution is -2.49. The molecule has 0 spiro atoms. The second-order valence-corrected chi connectivity index (χ2v) is 7.59. The van der Waals surface area contributed by atoms with E-state index < -0.39 is 0 Å². The number of para-hydroxylation sites is 2. The molecule has 0 atom stereocenters. The van der Waals surface area contributed by atoms with Crippen LogP contribution < -0.4 is 15.2 Å². The van der Waals surface area contributed by atoms with Crippen molar-refractivity contribution in [3.05, 3.63) is 45.9 Å². The van der Waals surface area contributed by atoms with E-state index in [1.807, 2.05) is 36.1 Å². The van der Waals surface area contributed by atoms with Crippen LogP contribution in [0.25, 0.3) is 0 Å². The Hall–Kier alpha value is -2.48. The topological polar surface area (TPSA) is 78.5 Å². The summed E-state index contributed by atoms with van der Waals surface area (Å²) in [6, 6.07) is 7.93. The van der Waals surface area contributed by atoms with Crippen LogP contribution >= 0.6 is 11.8 Å². The molecule has 0 bridgehead atoms. The van der Waals surface area contributed by atoms with E-state index in [9.17, 15) is 9.59 Å². The van der Waals surface area contributed by atoms with Crippen molar-refractivity contribution in [2.24, 2.45) is 0 Å². The van der Waals surface area contributed by atoms with Crippen molar-refractivity contribution in [3.63, 3.8) is 0 Å². The van der Waals surface area contributed by atoms with E-state index in [0.29, 0.717) is 30.2 Å². The molecule has 1 aliphatic heterocycles. The van der Waals surface area contributed by atoms with Crippen molar-refractivity contribution in [2.75, 3.05) is 43.9 Å². The average Bonchev–Trinajstić information content (AvgIpc) is 2.74. The van der Waals surface area contributed by atoms with Crippen LogP contribution in [0, 0.1) is 6.92 Å². The van der Waals surface area contributed by atoms with Crippen LogP contribution in [0.2, 0.25) is 0 Å². The number of piperazine rings is 1. The van der Waals surface area contributed by atoms with Gasteiger partial charge < -0.3 is 19.5 Å². The zero-order valence-electron chi connectivity index (χ0n) is 16.5. The predicted octanol–water partition coefficient (Wildman–Crippen LogP) is 2.09. The second kappa shape index (κ2) is 9.14. The molecule has 1 aromatic heterocycles. The minimum atomic E-state index is -0.132. The zero-order valence-corrected chi connectivity index (χ0v) is 17.3. The maximum absolute atomic E-state index is 12.6. The first-order chi connectivity index (χ1) is 13.5. The predicted molar refractivity (Wildman–Crippen MR) is 111 cm³/mol. The van der Waals surface area contributed by atoms with E-state index in [2.05, 4.69) is 14.9 Å². The molecule has 1 fully saturated rings. The number of nitrogens with zero attached hydrogens (tertiary/aromatic N) is 3. The quantitative estimate of drug-likeness (QED) is 0.589. The lowest BCUT2D eigenvalue weighted by molar-refractivity contribution is -0.128. The Labute approximate surface area is 169 Å². The molecular formula is C20H26N4O3S. The standard InChI is InChI=1S/C20H26N4O3S/c1-4-15-14(2)19(26)22-20(21-15)28-13-18(25)24-11-9-23(10-12-24)16-7-5-6-8-17(16)27-3/h5-8H,4,9-13H2,1-3H3,(H,21,22,26). The first-order valence-electron chi connectivity index (χ1n) is 9.41. The molecule has 0 saturated carbocycles. The molecule has 0 unspecified atom stereocenters. The number of carbonyl (C=O) groups excluding carboxylic acids is 1. The summed E-state index contributed by atoms with van der Waals surface area (Å²) in [7, 11) is 1.67. The van der Waals surface area contributed by atoms with Gasteiger partial charge >= 0.3 is 0 Å². The Balaban J connectivity index is 1.56. The summed E-state index contributed by atoms with van der Waals surface area (Å²) < 4.78 is 5.44. The Morgan fingerprint density at radius 3 is 2.64 bits per heavy atom. The molecule has 150 valence electrons. The van der Waals surface area contributed by atoms with Crippen LogP contribution in [0.15, 0.2) is 34.2 Å². The molecule has 8 heteroatoms. The first kappa shape index (κ1) is 20.3. The van der Waals surface area contributed by atoms with Gasteiger partial charge in [-0.3, -0.25) is 9.59 Å². The van der Waals surface area contributed by atoms with Crippen molar-refractivity contribution < 1.29 is 9.53 Å². The van der Waals surface area contributed by atoms with Gasteiger partial charge in [-0.2, -0.15) is 0 Å². The highest BCUT2D eigenvalue weighted by Crippen LogP contribution is 2.28. The van der Waals surface area contributed by atoms with Gasteiger partial charge in [-0.05, 0) is 25.5 Å². The first-order valence-corrected chi connectivity index (χ1v) is 10.4. The van der Waals surface area contributed by atoms with E-state index in [0.717, 1.165) is 30.2 Å². The number of ether oxygens (including phenoxy) is 1. The van der Waals surface area contributed by atoms with Gasteiger partial charge in [0, 0.05) is 31.7 Å².